The molecule has 2 atom stereocenters. The monoisotopic (exact) mass is 678 g/mol. The first-order valence-corrected chi connectivity index (χ1v) is 17.9. The average Bonchev–Trinajstić information content (AvgIpc) is 3.61. The van der Waals surface area contributed by atoms with Crippen LogP contribution in [0.5, 0.6) is 11.5 Å². The molecule has 4 aliphatic rings. The van der Waals surface area contributed by atoms with E-state index in [9.17, 15) is 9.59 Å². The highest BCUT2D eigenvalue weighted by molar-refractivity contribution is 5.72. The number of rotatable bonds is 4. The Bertz CT molecular complexity index is 1960. The zero-order valence-corrected chi connectivity index (χ0v) is 29.8. The van der Waals surface area contributed by atoms with E-state index in [0.717, 1.165) is 84.2 Å². The fraction of sp³-hybridized carbons (Fsp3) is 0.487. The molecule has 1 saturated carbocycles. The van der Waals surface area contributed by atoms with Crippen molar-refractivity contribution in [3.8, 4) is 34.0 Å². The van der Waals surface area contributed by atoms with Crippen molar-refractivity contribution in [1.82, 2.24) is 29.7 Å². The molecule has 2 aromatic carbocycles. The fourth-order valence-electron chi connectivity index (χ4n) is 7.73. The summed E-state index contributed by atoms with van der Waals surface area (Å²) < 4.78 is 17.9. The topological polar surface area (TPSA) is 126 Å². The number of nitrogens with zero attached hydrogens (tertiary/aromatic N) is 4. The molecule has 2 N–H and O–H groups in total. The Morgan fingerprint density at radius 1 is 0.740 bits per heavy atom. The summed E-state index contributed by atoms with van der Waals surface area (Å²) in [4.78, 5) is 46.0. The SMILES string of the molecule is CC(C)(C)OC(=O)N1CCCC1c1nc(-c2ccc3c(c2)Oc2ccc(-c4c[nH]c(C5CCCN5C(=O)OC(C)(C)C)n4)cc2C32CC2)c[nH]1. The normalized spacial score (nSPS) is 20.8. The number of imidazole rings is 2. The van der Waals surface area contributed by atoms with Crippen molar-refractivity contribution in [3.63, 3.8) is 0 Å². The van der Waals surface area contributed by atoms with E-state index in [1.165, 1.54) is 11.1 Å². The molecular weight excluding hydrogens is 632 g/mol. The predicted octanol–water partition coefficient (Wildman–Crippen LogP) is 8.80. The second-order valence-electron chi connectivity index (χ2n) is 16.1. The van der Waals surface area contributed by atoms with E-state index in [4.69, 9.17) is 24.2 Å². The summed E-state index contributed by atoms with van der Waals surface area (Å²) in [7, 11) is 0. The third-order valence-electron chi connectivity index (χ3n) is 10.1. The van der Waals surface area contributed by atoms with E-state index >= 15 is 0 Å². The Morgan fingerprint density at radius 2 is 1.26 bits per heavy atom. The Hall–Kier alpha value is -4.80. The van der Waals surface area contributed by atoms with Gasteiger partial charge in [-0.05, 0) is 104 Å². The summed E-state index contributed by atoms with van der Waals surface area (Å²) in [6, 6.07) is 12.4. The van der Waals surface area contributed by atoms with Gasteiger partial charge in [0.15, 0.2) is 0 Å². The Balaban J connectivity index is 1.01. The van der Waals surface area contributed by atoms with Crippen LogP contribution in [-0.4, -0.2) is 66.2 Å². The number of fused-ring (bicyclic) bond motifs is 4. The van der Waals surface area contributed by atoms with Gasteiger partial charge in [0, 0.05) is 53.2 Å². The highest BCUT2D eigenvalue weighted by Gasteiger charge is 2.52. The summed E-state index contributed by atoms with van der Waals surface area (Å²) in [5.74, 6) is 3.26. The number of ether oxygens (including phenoxy) is 3. The van der Waals surface area contributed by atoms with Gasteiger partial charge in [-0.2, -0.15) is 0 Å². The van der Waals surface area contributed by atoms with Crippen molar-refractivity contribution in [2.24, 2.45) is 0 Å². The Labute approximate surface area is 292 Å². The van der Waals surface area contributed by atoms with Crippen molar-refractivity contribution in [1.29, 1.82) is 0 Å². The summed E-state index contributed by atoms with van der Waals surface area (Å²) in [6.45, 7) is 12.6. The molecule has 11 nitrogen and oxygen atoms in total. The van der Waals surface area contributed by atoms with Crippen molar-refractivity contribution in [3.05, 3.63) is 71.6 Å². The van der Waals surface area contributed by atoms with Crippen LogP contribution in [0.3, 0.4) is 0 Å². The smallest absolute Gasteiger partial charge is 0.410 e. The molecule has 2 saturated heterocycles. The van der Waals surface area contributed by atoms with Crippen LogP contribution >= 0.6 is 0 Å². The molecule has 2 amide bonds. The van der Waals surface area contributed by atoms with Crippen LogP contribution in [0.1, 0.15) is 115 Å². The van der Waals surface area contributed by atoms with Crippen LogP contribution < -0.4 is 4.74 Å². The largest absolute Gasteiger partial charge is 0.457 e. The molecule has 3 aliphatic heterocycles. The molecule has 2 aromatic heterocycles. The number of nitrogens with one attached hydrogen (secondary N) is 2. The minimum absolute atomic E-state index is 0.0932. The average molecular weight is 679 g/mol. The lowest BCUT2D eigenvalue weighted by Gasteiger charge is -2.29. The standard InChI is InChI=1S/C39H46N6O5/c1-37(2,3)49-35(46)44-17-7-9-29(44)33-40-21-27(42-33)23-12-14-31-26(19-23)39(15-16-39)25-13-11-24(20-32(25)48-31)28-22-41-34(43-28)30-10-8-18-45(30)36(47)50-38(4,5)6/h11-14,19-22,29-30H,7-10,15-18H2,1-6H3,(H,40,42)(H,41,43). The maximum absolute atomic E-state index is 12.9. The molecule has 0 radical (unpaired) electrons. The van der Waals surface area contributed by atoms with Crippen molar-refractivity contribution < 1.29 is 23.8 Å². The van der Waals surface area contributed by atoms with E-state index in [0.29, 0.717) is 13.1 Å². The minimum atomic E-state index is -0.550. The zero-order chi connectivity index (χ0) is 35.0. The molecule has 4 aromatic rings. The summed E-state index contributed by atoms with van der Waals surface area (Å²) in [6.07, 6.45) is 8.84. The van der Waals surface area contributed by atoms with Crippen molar-refractivity contribution >= 4 is 12.2 Å². The van der Waals surface area contributed by atoms with Crippen LogP contribution in [0.15, 0.2) is 48.8 Å². The second kappa shape index (κ2) is 11.6. The van der Waals surface area contributed by atoms with Crippen LogP contribution in [0.25, 0.3) is 22.5 Å². The number of carbonyl (C=O) groups is 2. The second-order valence-corrected chi connectivity index (χ2v) is 16.1. The van der Waals surface area contributed by atoms with E-state index < -0.39 is 11.2 Å². The number of hydrogen-bond donors (Lipinski definition) is 2. The highest BCUT2D eigenvalue weighted by Crippen LogP contribution is 2.62. The maximum atomic E-state index is 12.9. The van der Waals surface area contributed by atoms with Gasteiger partial charge in [0.25, 0.3) is 0 Å². The first-order chi connectivity index (χ1) is 23.8. The predicted molar refractivity (Wildman–Crippen MR) is 188 cm³/mol. The molecule has 11 heteroatoms. The third kappa shape index (κ3) is 5.90. The van der Waals surface area contributed by atoms with Crippen LogP contribution in [0.4, 0.5) is 9.59 Å². The Kier molecular flexibility index (Phi) is 7.54. The van der Waals surface area contributed by atoms with Gasteiger partial charge in [0.1, 0.15) is 34.3 Å². The van der Waals surface area contributed by atoms with Gasteiger partial charge in [-0.25, -0.2) is 19.6 Å². The Morgan fingerprint density at radius 3 is 1.78 bits per heavy atom. The van der Waals surface area contributed by atoms with Gasteiger partial charge >= 0.3 is 12.2 Å². The van der Waals surface area contributed by atoms with Gasteiger partial charge in [-0.1, -0.05) is 12.1 Å². The van der Waals surface area contributed by atoms with Crippen LogP contribution in [0, 0.1) is 0 Å². The first-order valence-electron chi connectivity index (χ1n) is 17.9. The van der Waals surface area contributed by atoms with E-state index in [2.05, 4.69) is 46.4 Å². The zero-order valence-electron chi connectivity index (χ0n) is 29.8. The quantitative estimate of drug-likeness (QED) is 0.221. The van der Waals surface area contributed by atoms with Crippen molar-refractivity contribution in [2.75, 3.05) is 13.1 Å². The van der Waals surface area contributed by atoms with Gasteiger partial charge in [0.2, 0.25) is 0 Å². The maximum Gasteiger partial charge on any atom is 0.410 e. The number of carbonyl (C=O) groups excluding carboxylic acids is 2. The van der Waals surface area contributed by atoms with E-state index in [1.807, 2.05) is 53.9 Å². The van der Waals surface area contributed by atoms with Gasteiger partial charge in [-0.15, -0.1) is 0 Å². The summed E-state index contributed by atoms with van der Waals surface area (Å²) in [5.41, 5.74) is 4.81. The number of aromatic amines is 2. The van der Waals surface area contributed by atoms with Gasteiger partial charge in [-0.3, -0.25) is 9.80 Å². The molecule has 50 heavy (non-hydrogen) atoms. The van der Waals surface area contributed by atoms with E-state index in [-0.39, 0.29) is 29.7 Å². The molecular formula is C39H46N6O5. The third-order valence-corrected chi connectivity index (χ3v) is 10.1. The molecule has 2 unspecified atom stereocenters. The minimum Gasteiger partial charge on any atom is -0.457 e. The lowest BCUT2D eigenvalue weighted by molar-refractivity contribution is 0.0208. The van der Waals surface area contributed by atoms with Crippen LogP contribution in [0.2, 0.25) is 0 Å². The van der Waals surface area contributed by atoms with Gasteiger partial charge < -0.3 is 24.2 Å². The molecule has 1 aliphatic carbocycles. The fourth-order valence-corrected chi connectivity index (χ4v) is 7.73. The first kappa shape index (κ1) is 32.4. The number of H-pyrrole nitrogens is 2. The summed E-state index contributed by atoms with van der Waals surface area (Å²) >= 11 is 0. The number of aromatic nitrogens is 4. The molecule has 5 heterocycles. The lowest BCUT2D eigenvalue weighted by atomic mass is 9.83. The summed E-state index contributed by atoms with van der Waals surface area (Å²) in [5, 5.41) is 0. The van der Waals surface area contributed by atoms with Crippen LogP contribution in [-0.2, 0) is 14.9 Å². The molecule has 1 spiro atoms. The number of hydrogen-bond acceptors (Lipinski definition) is 7. The number of amides is 2. The number of benzene rings is 2. The molecule has 262 valence electrons. The molecule has 0 bridgehead atoms. The van der Waals surface area contributed by atoms with Crippen molar-refractivity contribution in [2.45, 2.75) is 109 Å². The lowest BCUT2D eigenvalue weighted by Crippen LogP contribution is -2.36. The van der Waals surface area contributed by atoms with Gasteiger partial charge in [0.05, 0.1) is 23.5 Å². The number of likely N-dealkylation sites (tertiary alicyclic amines) is 2. The highest BCUT2D eigenvalue weighted by atomic mass is 16.6. The molecule has 8 rings (SSSR count). The van der Waals surface area contributed by atoms with E-state index in [1.54, 1.807) is 9.80 Å². The molecule has 3 fully saturated rings.